The predicted octanol–water partition coefficient (Wildman–Crippen LogP) is 3.41. The summed E-state index contributed by atoms with van der Waals surface area (Å²) in [5.41, 5.74) is 0.423. The number of hydrogen-bond acceptors (Lipinski definition) is 1. The molecule has 1 aliphatic heterocycles. The van der Waals surface area contributed by atoms with Crippen LogP contribution in [0.3, 0.4) is 0 Å². The molecule has 1 aliphatic carbocycles. The molecule has 0 aromatic heterocycles. The molecule has 0 aromatic rings. The molecule has 1 atom stereocenters. The third kappa shape index (κ3) is 1.66. The molecule has 2 fully saturated rings. The van der Waals surface area contributed by atoms with E-state index < -0.39 is 0 Å². The first-order chi connectivity index (χ1) is 7.68. The monoisotopic (exact) mass is 223 g/mol. The zero-order valence-corrected chi connectivity index (χ0v) is 10.8. The van der Waals surface area contributed by atoms with Gasteiger partial charge in [0.05, 0.1) is 0 Å². The molecule has 1 saturated carbocycles. The Kier molecular flexibility index (Phi) is 3.27. The Morgan fingerprint density at radius 1 is 1.19 bits per heavy atom. The lowest BCUT2D eigenvalue weighted by atomic mass is 9.60. The summed E-state index contributed by atoms with van der Waals surface area (Å²) in [6, 6.07) is 0. The molecule has 1 heterocycles. The molecule has 2 nitrogen and oxygen atoms in total. The molecule has 2 aliphatic rings. The molecule has 1 spiro atoms. The Bertz CT molecular complexity index is 254. The predicted molar refractivity (Wildman–Crippen MR) is 66.2 cm³/mol. The van der Waals surface area contributed by atoms with Crippen molar-refractivity contribution in [2.75, 3.05) is 0 Å². The van der Waals surface area contributed by atoms with Gasteiger partial charge < -0.3 is 5.32 Å². The molecule has 1 saturated heterocycles. The number of carbonyl (C=O) groups excluding carboxylic acids is 1. The Morgan fingerprint density at radius 2 is 1.88 bits per heavy atom. The fourth-order valence-corrected chi connectivity index (χ4v) is 4.18. The summed E-state index contributed by atoms with van der Waals surface area (Å²) in [5.74, 6) is 0.303. The summed E-state index contributed by atoms with van der Waals surface area (Å²) in [6.07, 6.45) is 10.7. The lowest BCUT2D eigenvalue weighted by Crippen LogP contribution is -2.53. The first-order valence-corrected chi connectivity index (χ1v) is 6.99. The van der Waals surface area contributed by atoms with Gasteiger partial charge in [-0.2, -0.15) is 0 Å². The van der Waals surface area contributed by atoms with Gasteiger partial charge in [-0.25, -0.2) is 0 Å². The van der Waals surface area contributed by atoms with Crippen molar-refractivity contribution in [3.63, 3.8) is 0 Å². The standard InChI is InChI=1S/C14H25NO/c1-3-8-13(4-2)11-12(16)15-14(13)9-6-5-7-10-14/h3-11H2,1-2H3,(H,15,16). The van der Waals surface area contributed by atoms with E-state index in [9.17, 15) is 4.79 Å². The van der Waals surface area contributed by atoms with Crippen LogP contribution >= 0.6 is 0 Å². The van der Waals surface area contributed by atoms with Crippen LogP contribution in [0.2, 0.25) is 0 Å². The SMILES string of the molecule is CCCC1(CC)CC(=O)NC12CCCCC2. The second-order valence-corrected chi connectivity index (χ2v) is 5.75. The quantitative estimate of drug-likeness (QED) is 0.780. The minimum atomic E-state index is 0.160. The highest BCUT2D eigenvalue weighted by atomic mass is 16.2. The molecular weight excluding hydrogens is 198 g/mol. The number of rotatable bonds is 3. The van der Waals surface area contributed by atoms with E-state index in [2.05, 4.69) is 19.2 Å². The van der Waals surface area contributed by atoms with Gasteiger partial charge in [-0.1, -0.05) is 39.5 Å². The minimum Gasteiger partial charge on any atom is -0.350 e. The van der Waals surface area contributed by atoms with Gasteiger partial charge in [-0.3, -0.25) is 4.79 Å². The van der Waals surface area contributed by atoms with Gasteiger partial charge in [0.15, 0.2) is 0 Å². The zero-order valence-electron chi connectivity index (χ0n) is 10.8. The lowest BCUT2D eigenvalue weighted by Gasteiger charge is -2.47. The van der Waals surface area contributed by atoms with Crippen LogP contribution in [0, 0.1) is 5.41 Å². The maximum absolute atomic E-state index is 11.9. The number of hydrogen-bond donors (Lipinski definition) is 1. The smallest absolute Gasteiger partial charge is 0.221 e. The van der Waals surface area contributed by atoms with Crippen LogP contribution < -0.4 is 5.32 Å². The van der Waals surface area contributed by atoms with Crippen LogP contribution in [0.5, 0.6) is 0 Å². The topological polar surface area (TPSA) is 29.1 Å². The van der Waals surface area contributed by atoms with Gasteiger partial charge in [0.25, 0.3) is 0 Å². The molecule has 16 heavy (non-hydrogen) atoms. The van der Waals surface area contributed by atoms with Gasteiger partial charge in [0.2, 0.25) is 5.91 Å². The van der Waals surface area contributed by atoms with E-state index in [-0.39, 0.29) is 11.0 Å². The van der Waals surface area contributed by atoms with E-state index in [1.807, 2.05) is 0 Å². The van der Waals surface area contributed by atoms with E-state index in [0.717, 1.165) is 12.8 Å². The third-order valence-corrected chi connectivity index (χ3v) is 5.01. The van der Waals surface area contributed by atoms with Crippen molar-refractivity contribution in [1.82, 2.24) is 5.32 Å². The summed E-state index contributed by atoms with van der Waals surface area (Å²) in [5, 5.41) is 3.36. The molecule has 1 amide bonds. The van der Waals surface area contributed by atoms with Crippen LogP contribution in [0.4, 0.5) is 0 Å². The van der Waals surface area contributed by atoms with Crippen molar-refractivity contribution in [3.8, 4) is 0 Å². The zero-order chi connectivity index (χ0) is 11.6. The highest BCUT2D eigenvalue weighted by Crippen LogP contribution is 2.53. The molecule has 92 valence electrons. The summed E-state index contributed by atoms with van der Waals surface area (Å²) < 4.78 is 0. The molecule has 2 rings (SSSR count). The molecular formula is C14H25NO. The van der Waals surface area contributed by atoms with Crippen molar-refractivity contribution >= 4 is 5.91 Å². The van der Waals surface area contributed by atoms with E-state index in [1.165, 1.54) is 44.9 Å². The highest BCUT2D eigenvalue weighted by molar-refractivity contribution is 5.81. The first-order valence-electron chi connectivity index (χ1n) is 6.99. The minimum absolute atomic E-state index is 0.160. The van der Waals surface area contributed by atoms with Crippen LogP contribution in [-0.2, 0) is 4.79 Å². The van der Waals surface area contributed by atoms with E-state index in [0.29, 0.717) is 5.91 Å². The number of amides is 1. The van der Waals surface area contributed by atoms with Crippen LogP contribution in [0.1, 0.15) is 71.6 Å². The van der Waals surface area contributed by atoms with Crippen molar-refractivity contribution in [1.29, 1.82) is 0 Å². The van der Waals surface area contributed by atoms with Gasteiger partial charge in [0.1, 0.15) is 0 Å². The van der Waals surface area contributed by atoms with Gasteiger partial charge in [0, 0.05) is 17.4 Å². The summed E-state index contributed by atoms with van der Waals surface area (Å²) in [7, 11) is 0. The van der Waals surface area contributed by atoms with Crippen molar-refractivity contribution in [2.45, 2.75) is 77.2 Å². The molecule has 1 N–H and O–H groups in total. The third-order valence-electron chi connectivity index (χ3n) is 5.01. The van der Waals surface area contributed by atoms with Crippen molar-refractivity contribution in [2.24, 2.45) is 5.41 Å². The van der Waals surface area contributed by atoms with Crippen LogP contribution in [-0.4, -0.2) is 11.4 Å². The average molecular weight is 223 g/mol. The summed E-state index contributed by atoms with van der Waals surface area (Å²) in [4.78, 5) is 11.9. The number of nitrogens with one attached hydrogen (secondary N) is 1. The van der Waals surface area contributed by atoms with Gasteiger partial charge >= 0.3 is 0 Å². The molecule has 0 bridgehead atoms. The molecule has 0 radical (unpaired) electrons. The van der Waals surface area contributed by atoms with Crippen LogP contribution in [0.25, 0.3) is 0 Å². The van der Waals surface area contributed by atoms with E-state index >= 15 is 0 Å². The Hall–Kier alpha value is -0.530. The lowest BCUT2D eigenvalue weighted by molar-refractivity contribution is -0.120. The second kappa shape index (κ2) is 4.38. The Labute approximate surface area is 99.2 Å². The summed E-state index contributed by atoms with van der Waals surface area (Å²) >= 11 is 0. The maximum atomic E-state index is 11.9. The molecule has 0 aromatic carbocycles. The van der Waals surface area contributed by atoms with Gasteiger partial charge in [-0.15, -0.1) is 0 Å². The normalized spacial score (nSPS) is 33.0. The molecule has 1 unspecified atom stereocenters. The second-order valence-electron chi connectivity index (χ2n) is 5.75. The Balaban J connectivity index is 2.28. The fraction of sp³-hybridized carbons (Fsp3) is 0.929. The molecule has 2 heteroatoms. The van der Waals surface area contributed by atoms with Crippen LogP contribution in [0.15, 0.2) is 0 Å². The largest absolute Gasteiger partial charge is 0.350 e. The maximum Gasteiger partial charge on any atom is 0.221 e. The fourth-order valence-electron chi connectivity index (χ4n) is 4.18. The first kappa shape index (κ1) is 11.9. The number of carbonyl (C=O) groups is 1. The summed E-state index contributed by atoms with van der Waals surface area (Å²) in [6.45, 7) is 4.52. The van der Waals surface area contributed by atoms with Crippen molar-refractivity contribution in [3.05, 3.63) is 0 Å². The van der Waals surface area contributed by atoms with E-state index in [1.54, 1.807) is 0 Å². The van der Waals surface area contributed by atoms with Gasteiger partial charge in [-0.05, 0) is 25.7 Å². The van der Waals surface area contributed by atoms with E-state index in [4.69, 9.17) is 0 Å². The average Bonchev–Trinajstić information content (AvgIpc) is 2.53. The van der Waals surface area contributed by atoms with Crippen molar-refractivity contribution < 1.29 is 4.79 Å². The highest BCUT2D eigenvalue weighted by Gasteiger charge is 2.55. The Morgan fingerprint density at radius 3 is 2.44 bits per heavy atom.